The van der Waals surface area contributed by atoms with Crippen LogP contribution in [0.15, 0.2) is 54.6 Å². The van der Waals surface area contributed by atoms with Crippen LogP contribution in [0.2, 0.25) is 0 Å². The number of benzene rings is 2. The van der Waals surface area contributed by atoms with E-state index < -0.39 is 5.97 Å². The third kappa shape index (κ3) is 5.47. The van der Waals surface area contributed by atoms with Crippen molar-refractivity contribution in [2.75, 3.05) is 36.5 Å². The summed E-state index contributed by atoms with van der Waals surface area (Å²) in [6.45, 7) is 8.30. The zero-order valence-electron chi connectivity index (χ0n) is 19.9. The van der Waals surface area contributed by atoms with Gasteiger partial charge in [0.05, 0.1) is 17.9 Å². The Balaban J connectivity index is 1.48. The zero-order valence-corrected chi connectivity index (χ0v) is 19.9. The predicted molar refractivity (Wildman–Crippen MR) is 133 cm³/mol. The van der Waals surface area contributed by atoms with Gasteiger partial charge in [-0.2, -0.15) is 0 Å². The van der Waals surface area contributed by atoms with Crippen molar-refractivity contribution in [2.45, 2.75) is 27.2 Å². The van der Waals surface area contributed by atoms with Gasteiger partial charge in [-0.15, -0.1) is 0 Å². The molecule has 7 heteroatoms. The van der Waals surface area contributed by atoms with Gasteiger partial charge in [0.25, 0.3) is 5.91 Å². The van der Waals surface area contributed by atoms with Gasteiger partial charge in [0, 0.05) is 18.5 Å². The number of esters is 1. The maximum Gasteiger partial charge on any atom is 0.340 e. The summed E-state index contributed by atoms with van der Waals surface area (Å²) in [4.78, 5) is 32.0. The van der Waals surface area contributed by atoms with Gasteiger partial charge >= 0.3 is 5.97 Å². The molecular formula is C27H31N3O4. The lowest BCUT2D eigenvalue weighted by atomic mass is 9.92. The van der Waals surface area contributed by atoms with Crippen molar-refractivity contribution < 1.29 is 19.1 Å². The summed E-state index contributed by atoms with van der Waals surface area (Å²) >= 11 is 0. The van der Waals surface area contributed by atoms with E-state index in [1.54, 1.807) is 31.2 Å². The summed E-state index contributed by atoms with van der Waals surface area (Å²) in [5.74, 6) is 1.86. The van der Waals surface area contributed by atoms with E-state index in [-0.39, 0.29) is 19.1 Å². The Hall–Kier alpha value is -3.61. The molecule has 0 spiro atoms. The van der Waals surface area contributed by atoms with Gasteiger partial charge in [-0.25, -0.2) is 9.78 Å². The quantitative estimate of drug-likeness (QED) is 0.504. The van der Waals surface area contributed by atoms with Crippen molar-refractivity contribution >= 4 is 34.3 Å². The number of ether oxygens (including phenoxy) is 2. The number of nitrogens with zero attached hydrogens (tertiary/aromatic N) is 2. The molecule has 1 aliphatic rings. The van der Waals surface area contributed by atoms with Crippen LogP contribution in [0.25, 0.3) is 10.9 Å². The van der Waals surface area contributed by atoms with Crippen LogP contribution in [0.3, 0.4) is 0 Å². The summed E-state index contributed by atoms with van der Waals surface area (Å²) in [7, 11) is 0. The highest BCUT2D eigenvalue weighted by atomic mass is 16.5. The molecule has 0 bridgehead atoms. The summed E-state index contributed by atoms with van der Waals surface area (Å²) in [6, 6.07) is 16.5. The fourth-order valence-electron chi connectivity index (χ4n) is 4.56. The largest absolute Gasteiger partial charge is 0.481 e. The van der Waals surface area contributed by atoms with Gasteiger partial charge in [0.2, 0.25) is 0 Å². The number of carbonyl (C=O) groups excluding carboxylic acids is 2. The first-order chi connectivity index (χ1) is 16.4. The molecule has 3 aromatic rings. The number of para-hydroxylation sites is 2. The average molecular weight is 462 g/mol. The van der Waals surface area contributed by atoms with Crippen LogP contribution in [-0.2, 0) is 9.53 Å². The molecule has 7 nitrogen and oxygen atoms in total. The topological polar surface area (TPSA) is 80.8 Å². The van der Waals surface area contributed by atoms with E-state index in [0.717, 1.165) is 29.8 Å². The lowest BCUT2D eigenvalue weighted by molar-refractivity contribution is -0.118. The number of amides is 1. The molecule has 1 N–H and O–H groups in total. The number of fused-ring (bicyclic) bond motifs is 1. The SMILES string of the molecule is CCOC(=O)c1ccccc1NC(=O)COc1cccc2ccc(N3CC(C)CC(C)C3)nc12. The number of anilines is 2. The fourth-order valence-corrected chi connectivity index (χ4v) is 4.56. The minimum Gasteiger partial charge on any atom is -0.481 e. The number of carbonyl (C=O) groups is 2. The monoisotopic (exact) mass is 461 g/mol. The first-order valence-electron chi connectivity index (χ1n) is 11.8. The molecule has 1 amide bonds. The third-order valence-electron chi connectivity index (χ3n) is 5.92. The van der Waals surface area contributed by atoms with Crippen molar-refractivity contribution in [1.29, 1.82) is 0 Å². The Morgan fingerprint density at radius 1 is 1.03 bits per heavy atom. The highest BCUT2D eigenvalue weighted by molar-refractivity contribution is 6.01. The fraction of sp³-hybridized carbons (Fsp3) is 0.370. The van der Waals surface area contributed by atoms with Crippen LogP contribution in [-0.4, -0.2) is 43.2 Å². The minimum absolute atomic E-state index is 0.208. The Morgan fingerprint density at radius 2 is 1.79 bits per heavy atom. The molecule has 1 aromatic heterocycles. The summed E-state index contributed by atoms with van der Waals surface area (Å²) < 4.78 is 10.9. The minimum atomic E-state index is -0.480. The molecule has 178 valence electrons. The maximum atomic E-state index is 12.6. The molecular weight excluding hydrogens is 430 g/mol. The van der Waals surface area contributed by atoms with Crippen LogP contribution in [0.1, 0.15) is 37.6 Å². The Morgan fingerprint density at radius 3 is 2.56 bits per heavy atom. The number of rotatable bonds is 7. The average Bonchev–Trinajstić information content (AvgIpc) is 2.82. The third-order valence-corrected chi connectivity index (χ3v) is 5.92. The van der Waals surface area contributed by atoms with E-state index in [9.17, 15) is 9.59 Å². The highest BCUT2D eigenvalue weighted by Crippen LogP contribution is 2.30. The number of hydrogen-bond donors (Lipinski definition) is 1. The van der Waals surface area contributed by atoms with Crippen LogP contribution in [0.4, 0.5) is 11.5 Å². The number of pyridine rings is 1. The van der Waals surface area contributed by atoms with Crippen molar-refractivity contribution in [3.05, 3.63) is 60.2 Å². The molecule has 4 rings (SSSR count). The second kappa shape index (κ2) is 10.5. The predicted octanol–water partition coefficient (Wildman–Crippen LogP) is 4.91. The molecule has 1 fully saturated rings. The first-order valence-corrected chi connectivity index (χ1v) is 11.8. The Kier molecular flexibility index (Phi) is 7.30. The van der Waals surface area contributed by atoms with E-state index >= 15 is 0 Å². The Labute approximate surface area is 200 Å². The molecule has 0 radical (unpaired) electrons. The maximum absolute atomic E-state index is 12.6. The number of hydrogen-bond acceptors (Lipinski definition) is 6. The van der Waals surface area contributed by atoms with E-state index in [4.69, 9.17) is 14.5 Å². The van der Waals surface area contributed by atoms with Crippen LogP contribution in [0, 0.1) is 11.8 Å². The lowest BCUT2D eigenvalue weighted by Gasteiger charge is -2.35. The van der Waals surface area contributed by atoms with E-state index in [0.29, 0.717) is 28.8 Å². The summed E-state index contributed by atoms with van der Waals surface area (Å²) in [5.41, 5.74) is 1.42. The molecule has 1 aliphatic heterocycles. The molecule has 0 saturated carbocycles. The summed E-state index contributed by atoms with van der Waals surface area (Å²) in [6.07, 6.45) is 1.23. The highest BCUT2D eigenvalue weighted by Gasteiger charge is 2.23. The lowest BCUT2D eigenvalue weighted by Crippen LogP contribution is -2.39. The van der Waals surface area contributed by atoms with E-state index in [1.807, 2.05) is 24.3 Å². The molecule has 34 heavy (non-hydrogen) atoms. The van der Waals surface area contributed by atoms with Crippen molar-refractivity contribution in [1.82, 2.24) is 4.98 Å². The zero-order chi connectivity index (χ0) is 24.1. The van der Waals surface area contributed by atoms with E-state index in [2.05, 4.69) is 30.1 Å². The standard InChI is InChI=1S/C27H31N3O4/c1-4-33-27(32)21-9-5-6-10-22(21)28-25(31)17-34-23-11-7-8-20-12-13-24(29-26(20)23)30-15-18(2)14-19(3)16-30/h5-13,18-19H,4,14-17H2,1-3H3,(H,28,31). The van der Waals surface area contributed by atoms with Crippen LogP contribution < -0.4 is 15.0 Å². The molecule has 1 saturated heterocycles. The van der Waals surface area contributed by atoms with Crippen LogP contribution >= 0.6 is 0 Å². The van der Waals surface area contributed by atoms with Gasteiger partial charge in [-0.05, 0) is 55.5 Å². The van der Waals surface area contributed by atoms with Crippen molar-refractivity contribution in [3.8, 4) is 5.75 Å². The number of aromatic nitrogens is 1. The van der Waals surface area contributed by atoms with Crippen molar-refractivity contribution in [2.24, 2.45) is 11.8 Å². The van der Waals surface area contributed by atoms with E-state index in [1.165, 1.54) is 6.42 Å². The Bertz CT molecular complexity index is 1170. The molecule has 2 unspecified atom stereocenters. The van der Waals surface area contributed by atoms with Gasteiger partial charge in [-0.3, -0.25) is 4.79 Å². The van der Waals surface area contributed by atoms with Crippen molar-refractivity contribution in [3.63, 3.8) is 0 Å². The van der Waals surface area contributed by atoms with Gasteiger partial charge in [0.1, 0.15) is 17.1 Å². The second-order valence-corrected chi connectivity index (χ2v) is 8.95. The molecule has 2 aromatic carbocycles. The van der Waals surface area contributed by atoms with Gasteiger partial charge in [-0.1, -0.05) is 38.1 Å². The van der Waals surface area contributed by atoms with Crippen LogP contribution in [0.5, 0.6) is 5.75 Å². The molecule has 0 aliphatic carbocycles. The number of nitrogens with one attached hydrogen (secondary N) is 1. The second-order valence-electron chi connectivity index (χ2n) is 8.95. The smallest absolute Gasteiger partial charge is 0.340 e. The van der Waals surface area contributed by atoms with Gasteiger partial charge in [0.15, 0.2) is 6.61 Å². The van der Waals surface area contributed by atoms with Gasteiger partial charge < -0.3 is 19.7 Å². The first kappa shape index (κ1) is 23.5. The molecule has 2 atom stereocenters. The summed E-state index contributed by atoms with van der Waals surface area (Å²) in [5, 5.41) is 3.70. The molecule has 2 heterocycles. The number of piperidine rings is 1. The normalized spacial score (nSPS) is 17.9.